The number of methoxy groups -OCH3 is 1. The number of aromatic nitrogens is 1. The van der Waals surface area contributed by atoms with Crippen LogP contribution in [0.15, 0.2) is 58.0 Å². The van der Waals surface area contributed by atoms with Crippen LogP contribution < -0.4 is 19.1 Å². The third kappa shape index (κ3) is 11.5. The molecule has 0 bridgehead atoms. The Bertz CT molecular complexity index is 1760. The summed E-state index contributed by atoms with van der Waals surface area (Å²) in [6.45, 7) is 13.1. The van der Waals surface area contributed by atoms with Crippen LogP contribution in [-0.2, 0) is 26.8 Å². The number of allylic oxidation sites excluding steroid dienone is 2. The van der Waals surface area contributed by atoms with E-state index in [0.717, 1.165) is 36.4 Å². The number of thioether (sulfide) groups is 1. The number of hydrogen-bond donors (Lipinski definition) is 1. The van der Waals surface area contributed by atoms with Crippen LogP contribution >= 0.6 is 34.7 Å². The number of fused-ring (bicyclic) bond motifs is 2. The van der Waals surface area contributed by atoms with Crippen molar-refractivity contribution in [2.45, 2.75) is 52.0 Å². The van der Waals surface area contributed by atoms with Gasteiger partial charge >= 0.3 is 0 Å². The second-order valence-corrected chi connectivity index (χ2v) is 16.3. The summed E-state index contributed by atoms with van der Waals surface area (Å²) in [7, 11) is -7.09. The molecule has 1 aliphatic rings. The Hall–Kier alpha value is -2.17. The number of aryl methyl sites for hydroxylation is 1. The number of rotatable bonds is 14. The molecule has 3 aromatic rings. The van der Waals surface area contributed by atoms with E-state index in [4.69, 9.17) is 16.3 Å². The molecule has 0 saturated heterocycles. The van der Waals surface area contributed by atoms with Crippen molar-refractivity contribution in [2.75, 3.05) is 49.7 Å². The fourth-order valence-electron chi connectivity index (χ4n) is 4.94. The van der Waals surface area contributed by atoms with Gasteiger partial charge in [0.2, 0.25) is 5.52 Å². The van der Waals surface area contributed by atoms with Crippen LogP contribution in [0, 0.1) is 0 Å². The number of ether oxygens (including phenoxy) is 1. The predicted octanol–water partition coefficient (Wildman–Crippen LogP) is 4.51. The average Bonchev–Trinajstić information content (AvgIpc) is 3.49. The number of thiazole rings is 1. The van der Waals surface area contributed by atoms with Crippen molar-refractivity contribution in [3.8, 4) is 5.75 Å². The summed E-state index contributed by atoms with van der Waals surface area (Å²) in [5, 5.41) is 2.27. The summed E-state index contributed by atoms with van der Waals surface area (Å²) < 4.78 is 75.4. The highest BCUT2D eigenvalue weighted by molar-refractivity contribution is 8.03. The Labute approximate surface area is 286 Å². The van der Waals surface area contributed by atoms with Crippen molar-refractivity contribution in [1.82, 2.24) is 0 Å². The molecule has 1 aliphatic heterocycles. The van der Waals surface area contributed by atoms with Crippen LogP contribution in [-0.4, -0.2) is 70.7 Å². The molecular formula is C31H42ClN3O7S4. The molecule has 0 unspecified atom stereocenters. The minimum Gasteiger partial charge on any atom is -0.748 e. The second kappa shape index (κ2) is 17.3. The highest BCUT2D eigenvalue weighted by Gasteiger charge is 2.26. The fraction of sp³-hybridized carbons (Fsp3) is 0.452. The third-order valence-electron chi connectivity index (χ3n) is 7.38. The molecule has 4 rings (SSSR count). The quantitative estimate of drug-likeness (QED) is 0.188. The van der Waals surface area contributed by atoms with Crippen molar-refractivity contribution in [2.24, 2.45) is 0 Å². The first-order chi connectivity index (χ1) is 21.7. The van der Waals surface area contributed by atoms with Gasteiger partial charge in [0.1, 0.15) is 10.4 Å². The smallest absolute Gasteiger partial charge is 0.263 e. The van der Waals surface area contributed by atoms with Gasteiger partial charge in [-0.25, -0.2) is 16.8 Å². The monoisotopic (exact) mass is 731 g/mol. The van der Waals surface area contributed by atoms with Crippen LogP contribution in [0.5, 0.6) is 5.75 Å². The van der Waals surface area contributed by atoms with E-state index in [2.05, 4.69) is 20.8 Å². The van der Waals surface area contributed by atoms with Crippen molar-refractivity contribution in [3.05, 3.63) is 63.1 Å². The van der Waals surface area contributed by atoms with Crippen LogP contribution in [0.3, 0.4) is 0 Å². The Kier molecular flexibility index (Phi) is 14.4. The van der Waals surface area contributed by atoms with Crippen LogP contribution in [0.1, 0.15) is 45.5 Å². The molecule has 46 heavy (non-hydrogen) atoms. The van der Waals surface area contributed by atoms with E-state index >= 15 is 0 Å². The van der Waals surface area contributed by atoms with Crippen molar-refractivity contribution in [3.63, 3.8) is 0 Å². The lowest BCUT2D eigenvalue weighted by Crippen LogP contribution is -3.11. The Morgan fingerprint density at radius 2 is 1.65 bits per heavy atom. The first kappa shape index (κ1) is 38.3. The number of halogens is 1. The molecule has 0 spiro atoms. The summed E-state index contributed by atoms with van der Waals surface area (Å²) in [6, 6.07) is 11.2. The maximum Gasteiger partial charge on any atom is 0.263 e. The highest BCUT2D eigenvalue weighted by Crippen LogP contribution is 2.47. The van der Waals surface area contributed by atoms with Gasteiger partial charge in [-0.05, 0) is 76.1 Å². The Morgan fingerprint density at radius 3 is 2.24 bits per heavy atom. The average molecular weight is 732 g/mol. The van der Waals surface area contributed by atoms with E-state index < -0.39 is 31.7 Å². The van der Waals surface area contributed by atoms with Gasteiger partial charge in [-0.1, -0.05) is 34.7 Å². The molecule has 0 aliphatic carbocycles. The van der Waals surface area contributed by atoms with Gasteiger partial charge in [-0.2, -0.15) is 4.57 Å². The zero-order valence-corrected chi connectivity index (χ0v) is 30.8. The molecule has 0 atom stereocenters. The Morgan fingerprint density at radius 1 is 1.00 bits per heavy atom. The van der Waals surface area contributed by atoms with Gasteiger partial charge in [-0.15, -0.1) is 0 Å². The van der Waals surface area contributed by atoms with Crippen LogP contribution in [0.2, 0.25) is 5.02 Å². The number of anilines is 1. The van der Waals surface area contributed by atoms with E-state index in [1.807, 2.05) is 58.9 Å². The summed E-state index contributed by atoms with van der Waals surface area (Å²) in [4.78, 5) is 4.60. The Balaban J connectivity index is 0.000000738. The molecule has 0 fully saturated rings. The second-order valence-electron chi connectivity index (χ2n) is 10.7. The molecule has 0 saturated carbocycles. The molecule has 15 heteroatoms. The lowest BCUT2D eigenvalue weighted by atomic mass is 10.2. The number of hydrogen-bond acceptors (Lipinski definition) is 10. The van der Waals surface area contributed by atoms with Gasteiger partial charge in [-0.3, -0.25) is 0 Å². The zero-order chi connectivity index (χ0) is 34.1. The topological polar surface area (TPSA) is 135 Å². The summed E-state index contributed by atoms with van der Waals surface area (Å²) >= 11 is 9.27. The van der Waals surface area contributed by atoms with Crippen molar-refractivity contribution < 1.29 is 40.1 Å². The van der Waals surface area contributed by atoms with Crippen LogP contribution in [0.25, 0.3) is 16.3 Å². The van der Waals surface area contributed by atoms with E-state index in [1.165, 1.54) is 42.7 Å². The van der Waals surface area contributed by atoms with Crippen molar-refractivity contribution >= 4 is 76.9 Å². The molecular weight excluding hydrogens is 690 g/mol. The highest BCUT2D eigenvalue weighted by atomic mass is 35.5. The first-order valence-electron chi connectivity index (χ1n) is 15.0. The minimum atomic E-state index is -4.33. The largest absolute Gasteiger partial charge is 0.748 e. The molecule has 2 aromatic carbocycles. The molecule has 1 aromatic heterocycles. The molecule has 10 nitrogen and oxygen atoms in total. The standard InChI is InChI=1S/C25H27ClN2O7S4.C6H15N/c1-17(13-24-27(9-3-11-38(29,30)31)20-15-18(26)5-7-22(20)36-24)14-25-28(10-4-12-39(32,33)34)21-16-19(35-2)6-8-23(21)37-25;1-4-7(5-2)6-3/h5-8,13-16H,3-4,9-12H2,1-2H3,(H-,29,30,31,32,33,34);4-6H2,1-3H3. The lowest BCUT2D eigenvalue weighted by molar-refractivity contribution is -0.894. The lowest BCUT2D eigenvalue weighted by Gasteiger charge is -2.21. The van der Waals surface area contributed by atoms with Gasteiger partial charge < -0.3 is 23.6 Å². The molecule has 254 valence electrons. The van der Waals surface area contributed by atoms with Gasteiger partial charge in [0.15, 0.2) is 6.54 Å². The summed E-state index contributed by atoms with van der Waals surface area (Å²) in [5.41, 5.74) is 2.60. The van der Waals surface area contributed by atoms with E-state index in [1.54, 1.807) is 18.1 Å². The van der Waals surface area contributed by atoms with Gasteiger partial charge in [0, 0.05) is 40.5 Å². The third-order valence-corrected chi connectivity index (χ3v) is 11.4. The maximum atomic E-state index is 11.2. The molecule has 1 N–H and O–H groups in total. The minimum absolute atomic E-state index is 0.166. The molecule has 2 heterocycles. The van der Waals surface area contributed by atoms with E-state index in [-0.39, 0.29) is 12.8 Å². The SMILES string of the molecule is CC[NH+](CC)CC.COc1ccc2sc(/C=C(C)/C=C3\Sc4ccc(Cl)cc4N3CCCS(=O)(=O)[O-])[n+](CCCS(=O)(=O)[O-])c2c1. The predicted molar refractivity (Wildman–Crippen MR) is 186 cm³/mol. The van der Waals surface area contributed by atoms with Crippen LogP contribution in [0.4, 0.5) is 5.69 Å². The normalized spacial score (nSPS) is 14.6. The first-order valence-corrected chi connectivity index (χ1v) is 20.2. The fourth-order valence-corrected chi connectivity index (χ4v) is 8.43. The number of nitrogens with zero attached hydrogens (tertiary/aromatic N) is 2. The summed E-state index contributed by atoms with van der Waals surface area (Å²) in [6.07, 6.45) is 4.29. The van der Waals surface area contributed by atoms with E-state index in [0.29, 0.717) is 23.9 Å². The maximum absolute atomic E-state index is 11.2. The number of benzene rings is 2. The van der Waals surface area contributed by atoms with Crippen molar-refractivity contribution in [1.29, 1.82) is 0 Å². The zero-order valence-electron chi connectivity index (χ0n) is 26.7. The summed E-state index contributed by atoms with van der Waals surface area (Å²) in [5.74, 6) is -0.260. The van der Waals surface area contributed by atoms with E-state index in [9.17, 15) is 25.9 Å². The number of nitrogens with one attached hydrogen (secondary N) is 1. The van der Waals surface area contributed by atoms with Gasteiger partial charge in [0.25, 0.3) is 5.01 Å². The number of quaternary nitrogens is 1. The van der Waals surface area contributed by atoms with Gasteiger partial charge in [0.05, 0.1) is 63.8 Å². The molecule has 0 radical (unpaired) electrons. The molecule has 0 amide bonds.